The summed E-state index contributed by atoms with van der Waals surface area (Å²) in [4.78, 5) is 8.30. The molecular formula is C12H15N5. The first kappa shape index (κ1) is 10.4. The van der Waals surface area contributed by atoms with Crippen LogP contribution in [-0.2, 0) is 0 Å². The van der Waals surface area contributed by atoms with Gasteiger partial charge >= 0.3 is 0 Å². The highest BCUT2D eigenvalue weighted by molar-refractivity contribution is 5.52. The first-order valence-electron chi connectivity index (χ1n) is 5.96. The molecule has 5 nitrogen and oxygen atoms in total. The van der Waals surface area contributed by atoms with Crippen molar-refractivity contribution in [2.24, 2.45) is 0 Å². The quantitative estimate of drug-likeness (QED) is 0.815. The van der Waals surface area contributed by atoms with Gasteiger partial charge in [0.2, 0.25) is 0 Å². The van der Waals surface area contributed by atoms with Crippen LogP contribution in [0.2, 0.25) is 0 Å². The molecule has 3 heterocycles. The van der Waals surface area contributed by atoms with Gasteiger partial charge in [-0.15, -0.1) is 0 Å². The number of H-pyrrole nitrogens is 1. The first-order valence-corrected chi connectivity index (χ1v) is 5.96. The van der Waals surface area contributed by atoms with E-state index in [1.54, 1.807) is 18.6 Å². The number of hydrogen-bond donors (Lipinski definition) is 2. The van der Waals surface area contributed by atoms with Gasteiger partial charge < -0.3 is 5.32 Å². The Bertz CT molecular complexity index is 473. The maximum Gasteiger partial charge on any atom is 0.112 e. The van der Waals surface area contributed by atoms with Crippen molar-refractivity contribution < 1.29 is 0 Å². The van der Waals surface area contributed by atoms with E-state index in [-0.39, 0.29) is 0 Å². The van der Waals surface area contributed by atoms with Crippen molar-refractivity contribution in [1.29, 1.82) is 0 Å². The topological polar surface area (TPSA) is 66.5 Å². The summed E-state index contributed by atoms with van der Waals surface area (Å²) in [6.07, 6.45) is 7.53. The van der Waals surface area contributed by atoms with E-state index in [9.17, 15) is 0 Å². The van der Waals surface area contributed by atoms with Crippen molar-refractivity contribution in [1.82, 2.24) is 25.5 Å². The molecule has 0 bridgehead atoms. The molecule has 0 saturated carbocycles. The molecule has 0 aromatic carbocycles. The number of aromatic nitrogens is 4. The largest absolute Gasteiger partial charge is 0.316 e. The molecule has 0 amide bonds. The van der Waals surface area contributed by atoms with Gasteiger partial charge in [-0.05, 0) is 25.5 Å². The third-order valence-electron chi connectivity index (χ3n) is 3.16. The predicted octanol–water partition coefficient (Wildman–Crippen LogP) is 1.33. The number of nitrogens with zero attached hydrogens (tertiary/aromatic N) is 3. The Morgan fingerprint density at radius 2 is 2.24 bits per heavy atom. The molecule has 2 N–H and O–H groups in total. The highest BCUT2D eigenvalue weighted by Gasteiger charge is 2.17. The smallest absolute Gasteiger partial charge is 0.112 e. The first-order chi connectivity index (χ1) is 8.43. The molecule has 0 unspecified atom stereocenters. The second-order valence-corrected chi connectivity index (χ2v) is 4.34. The maximum absolute atomic E-state index is 4.31. The molecule has 1 aliphatic rings. The Hall–Kier alpha value is -1.75. The van der Waals surface area contributed by atoms with E-state index in [4.69, 9.17) is 0 Å². The van der Waals surface area contributed by atoms with Crippen LogP contribution in [0.3, 0.4) is 0 Å². The molecule has 0 radical (unpaired) electrons. The molecule has 5 heteroatoms. The maximum atomic E-state index is 4.31. The monoisotopic (exact) mass is 229 g/mol. The summed E-state index contributed by atoms with van der Waals surface area (Å²) in [7, 11) is 0. The fraction of sp³-hybridized carbons (Fsp3) is 0.417. The molecule has 1 saturated heterocycles. The standard InChI is InChI=1S/C12H15N5/c1-2-9(7-13-3-1)10-6-11(17-16-10)12-8-14-4-5-15-12/h4-6,8-9,13H,1-3,7H2,(H,16,17)/t9-/m0/s1. The highest BCUT2D eigenvalue weighted by Crippen LogP contribution is 2.24. The Morgan fingerprint density at radius 1 is 1.24 bits per heavy atom. The SMILES string of the molecule is c1cnc(-c2cc([C@H]3CCCNC3)[nH]n2)cn1. The summed E-state index contributed by atoms with van der Waals surface area (Å²) in [5.74, 6) is 0.543. The highest BCUT2D eigenvalue weighted by atomic mass is 15.1. The zero-order valence-electron chi connectivity index (χ0n) is 9.56. The molecule has 0 spiro atoms. The zero-order chi connectivity index (χ0) is 11.5. The minimum Gasteiger partial charge on any atom is -0.316 e. The zero-order valence-corrected chi connectivity index (χ0v) is 9.56. The van der Waals surface area contributed by atoms with Crippen molar-refractivity contribution in [3.05, 3.63) is 30.4 Å². The van der Waals surface area contributed by atoms with E-state index in [1.807, 2.05) is 0 Å². The number of rotatable bonds is 2. The lowest BCUT2D eigenvalue weighted by Crippen LogP contribution is -2.28. The Balaban J connectivity index is 1.83. The van der Waals surface area contributed by atoms with E-state index in [0.29, 0.717) is 5.92 Å². The van der Waals surface area contributed by atoms with Crippen LogP contribution in [0, 0.1) is 0 Å². The molecule has 2 aromatic rings. The second kappa shape index (κ2) is 4.63. The normalized spacial score (nSPS) is 20.4. The van der Waals surface area contributed by atoms with Gasteiger partial charge in [0.25, 0.3) is 0 Å². The lowest BCUT2D eigenvalue weighted by atomic mass is 9.96. The van der Waals surface area contributed by atoms with Gasteiger partial charge in [-0.1, -0.05) is 0 Å². The van der Waals surface area contributed by atoms with Crippen molar-refractivity contribution in [3.8, 4) is 11.4 Å². The third kappa shape index (κ3) is 2.19. The molecule has 1 atom stereocenters. The van der Waals surface area contributed by atoms with Crippen molar-refractivity contribution in [3.63, 3.8) is 0 Å². The van der Waals surface area contributed by atoms with Gasteiger partial charge in [-0.25, -0.2) is 0 Å². The fourth-order valence-corrected chi connectivity index (χ4v) is 2.23. The van der Waals surface area contributed by atoms with E-state index < -0.39 is 0 Å². The Morgan fingerprint density at radius 3 is 3.00 bits per heavy atom. The lowest BCUT2D eigenvalue weighted by Gasteiger charge is -2.21. The number of aromatic amines is 1. The summed E-state index contributed by atoms with van der Waals surface area (Å²) >= 11 is 0. The predicted molar refractivity (Wildman–Crippen MR) is 64.5 cm³/mol. The second-order valence-electron chi connectivity index (χ2n) is 4.34. The summed E-state index contributed by atoms with van der Waals surface area (Å²) in [5, 5.41) is 10.8. The van der Waals surface area contributed by atoms with Crippen LogP contribution in [-0.4, -0.2) is 33.3 Å². The third-order valence-corrected chi connectivity index (χ3v) is 3.16. The summed E-state index contributed by atoms with van der Waals surface area (Å²) in [6.45, 7) is 2.16. The fourth-order valence-electron chi connectivity index (χ4n) is 2.23. The Kier molecular flexibility index (Phi) is 2.83. The van der Waals surface area contributed by atoms with Gasteiger partial charge in [0.15, 0.2) is 0 Å². The van der Waals surface area contributed by atoms with Gasteiger partial charge in [0.1, 0.15) is 11.4 Å². The van der Waals surface area contributed by atoms with E-state index in [0.717, 1.165) is 24.5 Å². The van der Waals surface area contributed by atoms with Gasteiger partial charge in [-0.3, -0.25) is 15.1 Å². The van der Waals surface area contributed by atoms with Crippen LogP contribution >= 0.6 is 0 Å². The summed E-state index contributed by atoms with van der Waals surface area (Å²) in [5.41, 5.74) is 2.88. The molecule has 1 fully saturated rings. The van der Waals surface area contributed by atoms with Crippen molar-refractivity contribution >= 4 is 0 Å². The van der Waals surface area contributed by atoms with E-state index in [1.165, 1.54) is 18.5 Å². The van der Waals surface area contributed by atoms with E-state index in [2.05, 4.69) is 31.5 Å². The summed E-state index contributed by atoms with van der Waals surface area (Å²) in [6, 6.07) is 2.08. The summed E-state index contributed by atoms with van der Waals surface area (Å²) < 4.78 is 0. The van der Waals surface area contributed by atoms with Crippen molar-refractivity contribution in [2.75, 3.05) is 13.1 Å². The van der Waals surface area contributed by atoms with Crippen LogP contribution < -0.4 is 5.32 Å². The number of piperidine rings is 1. The average molecular weight is 229 g/mol. The van der Waals surface area contributed by atoms with Gasteiger partial charge in [0, 0.05) is 30.6 Å². The molecule has 17 heavy (non-hydrogen) atoms. The molecule has 2 aromatic heterocycles. The van der Waals surface area contributed by atoms with Crippen LogP contribution in [0.5, 0.6) is 0 Å². The molecule has 3 rings (SSSR count). The average Bonchev–Trinajstić information content (AvgIpc) is 2.90. The van der Waals surface area contributed by atoms with Crippen LogP contribution in [0.25, 0.3) is 11.4 Å². The minimum absolute atomic E-state index is 0.543. The van der Waals surface area contributed by atoms with Crippen LogP contribution in [0.4, 0.5) is 0 Å². The van der Waals surface area contributed by atoms with Gasteiger partial charge in [-0.2, -0.15) is 5.10 Å². The van der Waals surface area contributed by atoms with E-state index >= 15 is 0 Å². The van der Waals surface area contributed by atoms with Crippen LogP contribution in [0.15, 0.2) is 24.7 Å². The number of hydrogen-bond acceptors (Lipinski definition) is 4. The van der Waals surface area contributed by atoms with Crippen LogP contribution in [0.1, 0.15) is 24.5 Å². The molecule has 1 aliphatic heterocycles. The minimum atomic E-state index is 0.543. The lowest BCUT2D eigenvalue weighted by molar-refractivity contribution is 0.454. The molecule has 88 valence electrons. The molecule has 0 aliphatic carbocycles. The van der Waals surface area contributed by atoms with Gasteiger partial charge in [0.05, 0.1) is 6.20 Å². The molecular weight excluding hydrogens is 214 g/mol. The van der Waals surface area contributed by atoms with Crippen molar-refractivity contribution in [2.45, 2.75) is 18.8 Å². The Labute approximate surface area is 99.7 Å². The number of nitrogens with one attached hydrogen (secondary N) is 2.